The number of ether oxygens (including phenoxy) is 2. The molecule has 168 valence electrons. The minimum Gasteiger partial charge on any atom is -0.491 e. The van der Waals surface area contributed by atoms with E-state index < -0.39 is 24.1 Å². The number of likely N-dealkylation sites (N-methyl/N-ethyl adjacent to an activating group) is 2. The Hall–Kier alpha value is -2.69. The Morgan fingerprint density at radius 3 is 2.65 bits per heavy atom. The van der Waals surface area contributed by atoms with Gasteiger partial charge >= 0.3 is 12.0 Å². The summed E-state index contributed by atoms with van der Waals surface area (Å²) in [6.45, 7) is 1.22. The fourth-order valence-corrected chi connectivity index (χ4v) is 3.48. The number of benzene rings is 1. The number of fused-ring (bicyclic) bond motifs is 1. The number of carbonyl (C=O) groups is 2. The molecule has 0 aliphatic carbocycles. The van der Waals surface area contributed by atoms with Crippen LogP contribution in [0.1, 0.15) is 6.42 Å². The number of aliphatic hydroxyl groups is 1. The molecule has 10 nitrogen and oxygen atoms in total. The van der Waals surface area contributed by atoms with Gasteiger partial charge in [0.1, 0.15) is 18.5 Å². The highest BCUT2D eigenvalue weighted by Crippen LogP contribution is 2.19. The number of β-amino-alcohol motifs (C(OH)–C–C–N with tert-alkyl or cyclic N) is 1. The summed E-state index contributed by atoms with van der Waals surface area (Å²) in [5.41, 5.74) is 0. The van der Waals surface area contributed by atoms with Crippen LogP contribution in [0.3, 0.4) is 0 Å². The molecule has 0 spiro atoms. The zero-order valence-corrected chi connectivity index (χ0v) is 18.5. The molecule has 31 heavy (non-hydrogen) atoms. The number of nitrogens with one attached hydrogen (secondary N) is 1. The normalized spacial score (nSPS) is 19.5. The zero-order valence-electron chi connectivity index (χ0n) is 17.7. The number of imide groups is 1. The molecule has 3 amide bonds. The molecule has 11 heteroatoms. The lowest BCUT2D eigenvalue weighted by atomic mass is 10.1. The molecule has 0 radical (unpaired) electrons. The SMILES string of the molecule is COCCCNC1=[N+](CC(O)COc2ccc(Cl)cc2)C2C(=O)N(C)C(=O)N(C)C2=N1. The van der Waals surface area contributed by atoms with Crippen LogP contribution in [0.2, 0.25) is 5.02 Å². The van der Waals surface area contributed by atoms with Gasteiger partial charge in [-0.1, -0.05) is 16.6 Å². The van der Waals surface area contributed by atoms with Gasteiger partial charge < -0.3 is 14.6 Å². The van der Waals surface area contributed by atoms with Crippen molar-refractivity contribution in [1.82, 2.24) is 15.1 Å². The number of hydrogen-bond donors (Lipinski definition) is 2. The number of methoxy groups -OCH3 is 1. The predicted octanol–water partition coefficient (Wildman–Crippen LogP) is 0.379. The van der Waals surface area contributed by atoms with E-state index in [0.29, 0.717) is 35.7 Å². The summed E-state index contributed by atoms with van der Waals surface area (Å²) in [6, 6.07) is 5.56. The Kier molecular flexibility index (Phi) is 7.47. The predicted molar refractivity (Wildman–Crippen MR) is 115 cm³/mol. The monoisotopic (exact) mass is 452 g/mol. The van der Waals surface area contributed by atoms with Crippen molar-refractivity contribution in [1.29, 1.82) is 0 Å². The van der Waals surface area contributed by atoms with E-state index in [1.54, 1.807) is 43.0 Å². The van der Waals surface area contributed by atoms with E-state index in [4.69, 9.17) is 21.1 Å². The second kappa shape index (κ2) is 10.1. The quantitative estimate of drug-likeness (QED) is 0.414. The summed E-state index contributed by atoms with van der Waals surface area (Å²) in [4.78, 5) is 32.0. The van der Waals surface area contributed by atoms with E-state index in [-0.39, 0.29) is 13.2 Å². The van der Waals surface area contributed by atoms with E-state index in [9.17, 15) is 14.7 Å². The number of rotatable bonds is 9. The van der Waals surface area contributed by atoms with Gasteiger partial charge in [0.15, 0.2) is 0 Å². The van der Waals surface area contributed by atoms with Crippen LogP contribution in [-0.2, 0) is 9.53 Å². The minimum atomic E-state index is -0.915. The highest BCUT2D eigenvalue weighted by Gasteiger charge is 2.51. The van der Waals surface area contributed by atoms with Gasteiger partial charge in [-0.05, 0) is 24.3 Å². The first kappa shape index (κ1) is 23.0. The van der Waals surface area contributed by atoms with E-state index in [1.165, 1.54) is 11.9 Å². The van der Waals surface area contributed by atoms with Crippen molar-refractivity contribution in [2.75, 3.05) is 47.5 Å². The van der Waals surface area contributed by atoms with Crippen molar-refractivity contribution < 1.29 is 28.7 Å². The largest absolute Gasteiger partial charge is 0.491 e. The van der Waals surface area contributed by atoms with Crippen molar-refractivity contribution in [2.45, 2.75) is 18.6 Å². The minimum absolute atomic E-state index is 0.00986. The van der Waals surface area contributed by atoms with Gasteiger partial charge in [0.25, 0.3) is 5.91 Å². The molecule has 2 aliphatic rings. The maximum atomic E-state index is 12.9. The number of amides is 3. The second-order valence-electron chi connectivity index (χ2n) is 7.28. The molecule has 1 saturated heterocycles. The van der Waals surface area contributed by atoms with Crippen LogP contribution in [-0.4, -0.2) is 103 Å². The molecule has 2 N–H and O–H groups in total. The summed E-state index contributed by atoms with van der Waals surface area (Å²) in [6.07, 6.45) is -0.184. The van der Waals surface area contributed by atoms with E-state index in [1.807, 2.05) is 0 Å². The topological polar surface area (TPSA) is 107 Å². The summed E-state index contributed by atoms with van der Waals surface area (Å²) in [5, 5.41) is 14.4. The zero-order chi connectivity index (χ0) is 22.5. The summed E-state index contributed by atoms with van der Waals surface area (Å²) < 4.78 is 12.4. The van der Waals surface area contributed by atoms with Crippen LogP contribution < -0.4 is 10.1 Å². The van der Waals surface area contributed by atoms with Crippen LogP contribution >= 0.6 is 11.6 Å². The van der Waals surface area contributed by atoms with Crippen LogP contribution in [0.15, 0.2) is 29.3 Å². The lowest BCUT2D eigenvalue weighted by Gasteiger charge is -2.32. The Balaban J connectivity index is 1.74. The van der Waals surface area contributed by atoms with Crippen LogP contribution in [0.5, 0.6) is 5.75 Å². The van der Waals surface area contributed by atoms with Crippen LogP contribution in [0.25, 0.3) is 0 Å². The Morgan fingerprint density at radius 2 is 1.97 bits per heavy atom. The van der Waals surface area contributed by atoms with E-state index in [2.05, 4.69) is 10.3 Å². The average molecular weight is 453 g/mol. The van der Waals surface area contributed by atoms with Crippen molar-refractivity contribution in [3.63, 3.8) is 0 Å². The van der Waals surface area contributed by atoms with Gasteiger partial charge in [0, 0.05) is 39.3 Å². The smallest absolute Gasteiger partial charge is 0.390 e. The fraction of sp³-hybridized carbons (Fsp3) is 0.500. The molecule has 2 unspecified atom stereocenters. The first-order chi connectivity index (χ1) is 14.8. The standard InChI is InChI=1S/C20H26ClN5O5/c1-24-17-16(18(28)25(2)20(24)29)26(19(23-17)22-9-4-10-30-3)11-14(27)12-31-15-7-5-13(21)6-8-15/h5-8,14,16,27H,4,9-12H2,1-3H3/p+1. The number of hydrogen-bond acceptors (Lipinski definition) is 7. The molecular formula is C20H27ClN5O5+. The second-order valence-corrected chi connectivity index (χ2v) is 7.72. The summed E-state index contributed by atoms with van der Waals surface area (Å²) in [7, 11) is 4.62. The fourth-order valence-electron chi connectivity index (χ4n) is 3.35. The Labute approximate surface area is 185 Å². The molecule has 1 aromatic rings. The molecule has 2 atom stereocenters. The molecule has 1 aromatic carbocycles. The van der Waals surface area contributed by atoms with Gasteiger partial charge in [0.2, 0.25) is 11.9 Å². The van der Waals surface area contributed by atoms with E-state index in [0.717, 1.165) is 11.3 Å². The maximum absolute atomic E-state index is 12.9. The number of amidine groups is 1. The van der Waals surface area contributed by atoms with Crippen LogP contribution in [0.4, 0.5) is 4.79 Å². The molecule has 0 aromatic heterocycles. The lowest BCUT2D eigenvalue weighted by Crippen LogP contribution is -2.62. The number of nitrogens with zero attached hydrogens (tertiary/aromatic N) is 4. The van der Waals surface area contributed by atoms with Gasteiger partial charge in [-0.15, -0.1) is 0 Å². The Morgan fingerprint density at radius 1 is 1.26 bits per heavy atom. The molecular weight excluding hydrogens is 426 g/mol. The lowest BCUT2D eigenvalue weighted by molar-refractivity contribution is -0.545. The van der Waals surface area contributed by atoms with E-state index >= 15 is 0 Å². The van der Waals surface area contributed by atoms with Gasteiger partial charge in [-0.25, -0.2) is 9.37 Å². The van der Waals surface area contributed by atoms with Crippen molar-refractivity contribution >= 4 is 35.3 Å². The number of carbonyl (C=O) groups excluding carboxylic acids is 2. The van der Waals surface area contributed by atoms with Crippen LogP contribution in [0, 0.1) is 0 Å². The number of aliphatic hydroxyl groups excluding tert-OH is 1. The average Bonchev–Trinajstić information content (AvgIpc) is 3.11. The molecule has 2 aliphatic heterocycles. The number of urea groups is 1. The highest BCUT2D eigenvalue weighted by molar-refractivity contribution is 6.30. The molecule has 2 heterocycles. The third kappa shape index (κ3) is 5.15. The number of halogens is 1. The highest BCUT2D eigenvalue weighted by atomic mass is 35.5. The summed E-state index contributed by atoms with van der Waals surface area (Å²) in [5.74, 6) is 0.918. The third-order valence-electron chi connectivity index (χ3n) is 5.00. The van der Waals surface area contributed by atoms with Crippen molar-refractivity contribution in [3.05, 3.63) is 29.3 Å². The van der Waals surface area contributed by atoms with Gasteiger partial charge in [0.05, 0.1) is 13.1 Å². The molecule has 1 fully saturated rings. The number of aliphatic imine (C=N–C) groups is 1. The molecule has 3 rings (SSSR count). The van der Waals surface area contributed by atoms with Crippen molar-refractivity contribution in [2.24, 2.45) is 4.99 Å². The van der Waals surface area contributed by atoms with Gasteiger partial charge in [-0.3, -0.25) is 19.9 Å². The maximum Gasteiger partial charge on any atom is 0.390 e. The number of guanidine groups is 1. The van der Waals surface area contributed by atoms with Gasteiger partial charge in [-0.2, -0.15) is 0 Å². The molecule has 0 bridgehead atoms. The molecule has 0 saturated carbocycles. The van der Waals surface area contributed by atoms with Crippen molar-refractivity contribution in [3.8, 4) is 5.75 Å². The third-order valence-corrected chi connectivity index (χ3v) is 5.25. The summed E-state index contributed by atoms with van der Waals surface area (Å²) >= 11 is 5.87. The first-order valence-corrected chi connectivity index (χ1v) is 10.3. The Bertz CT molecular complexity index is 888. The first-order valence-electron chi connectivity index (χ1n) is 9.90.